The number of hydrogen-bond donors (Lipinski definition) is 1. The van der Waals surface area contributed by atoms with Crippen LogP contribution in [0.1, 0.15) is 49.7 Å². The van der Waals surface area contributed by atoms with E-state index in [2.05, 4.69) is 19.8 Å². The van der Waals surface area contributed by atoms with Crippen molar-refractivity contribution >= 4 is 28.0 Å². The summed E-state index contributed by atoms with van der Waals surface area (Å²) in [5.41, 5.74) is 1.29. The second-order valence-electron chi connectivity index (χ2n) is 7.69. The van der Waals surface area contributed by atoms with Gasteiger partial charge in [-0.05, 0) is 42.7 Å². The van der Waals surface area contributed by atoms with Crippen molar-refractivity contribution in [3.05, 3.63) is 59.9 Å². The Bertz CT molecular complexity index is 1090. The molecule has 0 saturated heterocycles. The predicted octanol–water partition coefficient (Wildman–Crippen LogP) is 2.71. The average Bonchev–Trinajstić information content (AvgIpc) is 3.06. The minimum absolute atomic E-state index is 0.0641. The standard InChI is InChI=1S/C22H25N5O3S/c28-21(25-18-6-2-1-3-7-18)12-15-27(24-16-17-10-13-23-14-11-17)22-19-8-4-5-9-20(19)31(29,30)26-22/h4-5,8-11,13-14,16,18H,1-3,6-7,12,15H2,(H,25,28). The third-order valence-corrected chi connectivity index (χ3v) is 6.76. The number of rotatable bonds is 6. The van der Waals surface area contributed by atoms with Gasteiger partial charge in [-0.15, -0.1) is 4.40 Å². The lowest BCUT2D eigenvalue weighted by molar-refractivity contribution is -0.122. The second kappa shape index (κ2) is 9.38. The fourth-order valence-electron chi connectivity index (χ4n) is 3.83. The molecule has 2 aliphatic rings. The largest absolute Gasteiger partial charge is 0.353 e. The number of carbonyl (C=O) groups is 1. The number of hydrogen-bond acceptors (Lipinski definition) is 6. The number of benzene rings is 1. The van der Waals surface area contributed by atoms with E-state index in [1.54, 1.807) is 48.9 Å². The van der Waals surface area contributed by atoms with E-state index in [1.165, 1.54) is 17.5 Å². The molecule has 8 nitrogen and oxygen atoms in total. The first-order chi connectivity index (χ1) is 15.0. The lowest BCUT2D eigenvalue weighted by atomic mass is 9.95. The second-order valence-corrected chi connectivity index (χ2v) is 9.26. The van der Waals surface area contributed by atoms with Crippen LogP contribution in [0.15, 0.2) is 63.2 Å². The van der Waals surface area contributed by atoms with Crippen LogP contribution in [0.2, 0.25) is 0 Å². The molecule has 0 atom stereocenters. The van der Waals surface area contributed by atoms with Gasteiger partial charge in [0, 0.05) is 30.4 Å². The van der Waals surface area contributed by atoms with E-state index in [1.807, 2.05) is 0 Å². The topological polar surface area (TPSA) is 104 Å². The molecule has 0 bridgehead atoms. The quantitative estimate of drug-likeness (QED) is 0.550. The molecule has 1 saturated carbocycles. The zero-order valence-corrected chi connectivity index (χ0v) is 18.0. The number of fused-ring (bicyclic) bond motifs is 1. The molecule has 1 N–H and O–H groups in total. The Balaban J connectivity index is 1.54. The van der Waals surface area contributed by atoms with Crippen molar-refractivity contribution in [1.29, 1.82) is 0 Å². The average molecular weight is 440 g/mol. The minimum atomic E-state index is -3.78. The van der Waals surface area contributed by atoms with Gasteiger partial charge < -0.3 is 5.32 Å². The highest BCUT2D eigenvalue weighted by Gasteiger charge is 2.32. The summed E-state index contributed by atoms with van der Waals surface area (Å²) in [4.78, 5) is 16.7. The number of nitrogens with one attached hydrogen (secondary N) is 1. The van der Waals surface area contributed by atoms with E-state index in [9.17, 15) is 13.2 Å². The minimum Gasteiger partial charge on any atom is -0.353 e. The molecule has 1 aromatic carbocycles. The fraction of sp³-hybridized carbons (Fsp3) is 0.364. The first kappa shape index (κ1) is 21.2. The van der Waals surface area contributed by atoms with Gasteiger partial charge in [0.15, 0.2) is 5.84 Å². The number of sulfonamides is 1. The number of amides is 1. The molecule has 1 aliphatic heterocycles. The molecule has 1 fully saturated rings. The molecule has 162 valence electrons. The maximum absolute atomic E-state index is 12.5. The van der Waals surface area contributed by atoms with Gasteiger partial charge in [0.25, 0.3) is 10.0 Å². The molecule has 0 spiro atoms. The number of amidine groups is 1. The highest BCUT2D eigenvalue weighted by Crippen LogP contribution is 2.27. The van der Waals surface area contributed by atoms with Crippen LogP contribution in [0.5, 0.6) is 0 Å². The summed E-state index contributed by atoms with van der Waals surface area (Å²) in [5, 5.41) is 9.04. The summed E-state index contributed by atoms with van der Waals surface area (Å²) >= 11 is 0. The van der Waals surface area contributed by atoms with Crippen molar-refractivity contribution in [1.82, 2.24) is 15.3 Å². The van der Waals surface area contributed by atoms with Crippen molar-refractivity contribution in [2.24, 2.45) is 9.50 Å². The molecule has 1 aromatic heterocycles. The van der Waals surface area contributed by atoms with Crippen LogP contribution in [0.4, 0.5) is 0 Å². The van der Waals surface area contributed by atoms with Crippen LogP contribution in [-0.4, -0.2) is 49.0 Å². The van der Waals surface area contributed by atoms with Crippen LogP contribution < -0.4 is 5.32 Å². The van der Waals surface area contributed by atoms with E-state index in [-0.39, 0.29) is 35.6 Å². The lowest BCUT2D eigenvalue weighted by Crippen LogP contribution is -2.38. The first-order valence-electron chi connectivity index (χ1n) is 10.5. The summed E-state index contributed by atoms with van der Waals surface area (Å²) in [6, 6.07) is 10.5. The first-order valence-corrected chi connectivity index (χ1v) is 11.9. The Labute approximate surface area is 182 Å². The summed E-state index contributed by atoms with van der Waals surface area (Å²) in [6.07, 6.45) is 10.6. The summed E-state index contributed by atoms with van der Waals surface area (Å²) in [7, 11) is -3.78. The molecule has 4 rings (SSSR count). The maximum Gasteiger partial charge on any atom is 0.285 e. The van der Waals surface area contributed by atoms with Crippen molar-refractivity contribution < 1.29 is 13.2 Å². The predicted molar refractivity (Wildman–Crippen MR) is 118 cm³/mol. The van der Waals surface area contributed by atoms with E-state index >= 15 is 0 Å². The number of pyridine rings is 1. The van der Waals surface area contributed by atoms with Gasteiger partial charge in [-0.3, -0.25) is 9.78 Å². The van der Waals surface area contributed by atoms with Gasteiger partial charge in [0.05, 0.1) is 12.8 Å². The molecule has 2 heterocycles. The van der Waals surface area contributed by atoms with Crippen LogP contribution >= 0.6 is 0 Å². The Morgan fingerprint density at radius 2 is 1.87 bits per heavy atom. The monoisotopic (exact) mass is 439 g/mol. The normalized spacial score (nSPS) is 17.9. The van der Waals surface area contributed by atoms with Crippen LogP contribution in [-0.2, 0) is 14.8 Å². The van der Waals surface area contributed by atoms with Gasteiger partial charge in [0.1, 0.15) is 4.90 Å². The van der Waals surface area contributed by atoms with Gasteiger partial charge in [-0.25, -0.2) is 5.01 Å². The molecule has 0 unspecified atom stereocenters. The molecule has 31 heavy (non-hydrogen) atoms. The molecule has 1 aliphatic carbocycles. The third-order valence-electron chi connectivity index (χ3n) is 5.43. The molecule has 2 aromatic rings. The number of carbonyl (C=O) groups excluding carboxylic acids is 1. The van der Waals surface area contributed by atoms with Crippen LogP contribution in [0, 0.1) is 0 Å². The molecule has 9 heteroatoms. The Morgan fingerprint density at radius 3 is 2.65 bits per heavy atom. The highest BCUT2D eigenvalue weighted by atomic mass is 32.2. The lowest BCUT2D eigenvalue weighted by Gasteiger charge is -2.24. The third kappa shape index (κ3) is 5.16. The summed E-state index contributed by atoms with van der Waals surface area (Å²) < 4.78 is 28.9. The number of hydrazone groups is 1. The van der Waals surface area contributed by atoms with E-state index < -0.39 is 10.0 Å². The van der Waals surface area contributed by atoms with E-state index in [4.69, 9.17) is 0 Å². The highest BCUT2D eigenvalue weighted by molar-refractivity contribution is 7.90. The van der Waals surface area contributed by atoms with Crippen molar-refractivity contribution in [3.8, 4) is 0 Å². The van der Waals surface area contributed by atoms with Gasteiger partial charge in [-0.2, -0.15) is 13.5 Å². The zero-order chi connectivity index (χ0) is 21.7. The van der Waals surface area contributed by atoms with Crippen molar-refractivity contribution in [2.75, 3.05) is 6.54 Å². The van der Waals surface area contributed by atoms with Gasteiger partial charge in [0.2, 0.25) is 5.91 Å². The molecular formula is C22H25N5O3S. The number of nitrogens with zero attached hydrogens (tertiary/aromatic N) is 4. The Morgan fingerprint density at radius 1 is 1.13 bits per heavy atom. The van der Waals surface area contributed by atoms with E-state index in [0.717, 1.165) is 31.2 Å². The molecular weight excluding hydrogens is 414 g/mol. The van der Waals surface area contributed by atoms with Crippen molar-refractivity contribution in [2.45, 2.75) is 49.5 Å². The SMILES string of the molecule is O=C(CCN(N=Cc1ccncc1)C1=NS(=O)(=O)c2ccccc21)NC1CCCCC1. The van der Waals surface area contributed by atoms with Crippen LogP contribution in [0.3, 0.4) is 0 Å². The fourth-order valence-corrected chi connectivity index (χ4v) is 5.04. The maximum atomic E-state index is 12.5. The van der Waals surface area contributed by atoms with Crippen molar-refractivity contribution in [3.63, 3.8) is 0 Å². The Hall–Kier alpha value is -3.07. The molecule has 1 amide bonds. The van der Waals surface area contributed by atoms with Crippen LogP contribution in [0.25, 0.3) is 0 Å². The van der Waals surface area contributed by atoms with Gasteiger partial charge >= 0.3 is 0 Å². The molecule has 0 radical (unpaired) electrons. The van der Waals surface area contributed by atoms with E-state index in [0.29, 0.717) is 5.56 Å². The Kier molecular flexibility index (Phi) is 6.41. The zero-order valence-electron chi connectivity index (χ0n) is 17.1. The summed E-state index contributed by atoms with van der Waals surface area (Å²) in [5.74, 6) is 0.164. The smallest absolute Gasteiger partial charge is 0.285 e. The van der Waals surface area contributed by atoms with Gasteiger partial charge in [-0.1, -0.05) is 31.4 Å². The number of aromatic nitrogens is 1. The summed E-state index contributed by atoms with van der Waals surface area (Å²) in [6.45, 7) is 0.211.